The molecule has 0 bridgehead atoms. The largest absolute Gasteiger partial charge is 0.490 e. The van der Waals surface area contributed by atoms with Gasteiger partial charge in [0.2, 0.25) is 0 Å². The molecule has 4 nitrogen and oxygen atoms in total. The van der Waals surface area contributed by atoms with E-state index in [2.05, 4.69) is 51.0 Å². The van der Waals surface area contributed by atoms with Crippen molar-refractivity contribution in [1.29, 1.82) is 0 Å². The van der Waals surface area contributed by atoms with Crippen molar-refractivity contribution < 1.29 is 14.6 Å². The van der Waals surface area contributed by atoms with E-state index in [9.17, 15) is 4.79 Å². The number of ether oxygens (including phenoxy) is 1. The Morgan fingerprint density at radius 1 is 1.33 bits per heavy atom. The third kappa shape index (κ3) is 5.60. The maximum Gasteiger partial charge on any atom is 0.312 e. The summed E-state index contributed by atoms with van der Waals surface area (Å²) < 4.78 is 7.29. The maximum atomic E-state index is 11.1. The predicted molar refractivity (Wildman–Crippen MR) is 90.7 cm³/mol. The summed E-state index contributed by atoms with van der Waals surface area (Å²) in [5.74, 6) is -0.259. The van der Waals surface area contributed by atoms with Crippen molar-refractivity contribution in [2.45, 2.75) is 40.3 Å². The van der Waals surface area contributed by atoms with Crippen LogP contribution in [0.2, 0.25) is 0 Å². The molecule has 0 aliphatic rings. The molecular weight excluding hydrogens is 402 g/mol. The van der Waals surface area contributed by atoms with Gasteiger partial charge in [-0.3, -0.25) is 4.79 Å². The molecule has 0 amide bonds. The molecule has 1 aromatic rings. The number of aliphatic carboxylic acids is 1. The van der Waals surface area contributed by atoms with Crippen LogP contribution in [0.4, 0.5) is 0 Å². The van der Waals surface area contributed by atoms with Gasteiger partial charge in [-0.05, 0) is 63.4 Å². The molecule has 0 unspecified atom stereocenters. The van der Waals surface area contributed by atoms with E-state index >= 15 is 0 Å². The highest BCUT2D eigenvalue weighted by Gasteiger charge is 2.28. The number of hydrogen-bond acceptors (Lipinski definition) is 3. The maximum absolute atomic E-state index is 11.1. The molecule has 0 aliphatic carbocycles. The lowest BCUT2D eigenvalue weighted by atomic mass is 9.95. The zero-order valence-corrected chi connectivity index (χ0v) is 15.8. The Hall–Kier alpha value is -0.590. The summed E-state index contributed by atoms with van der Waals surface area (Å²) in [7, 11) is 0. The highest BCUT2D eigenvalue weighted by molar-refractivity contribution is 9.11. The number of benzene rings is 1. The highest BCUT2D eigenvalue weighted by atomic mass is 79.9. The van der Waals surface area contributed by atoms with Crippen LogP contribution in [0.1, 0.15) is 33.3 Å². The van der Waals surface area contributed by atoms with Crippen molar-refractivity contribution in [1.82, 2.24) is 5.32 Å². The van der Waals surface area contributed by atoms with Gasteiger partial charge >= 0.3 is 5.97 Å². The first-order valence-electron chi connectivity index (χ1n) is 6.71. The van der Waals surface area contributed by atoms with Crippen LogP contribution < -0.4 is 10.1 Å². The molecule has 0 fully saturated rings. The first-order valence-corrected chi connectivity index (χ1v) is 8.29. The number of halogens is 2. The van der Waals surface area contributed by atoms with Crippen LogP contribution in [0.5, 0.6) is 5.75 Å². The van der Waals surface area contributed by atoms with Crippen LogP contribution >= 0.6 is 31.9 Å². The fourth-order valence-electron chi connectivity index (χ4n) is 1.49. The lowest BCUT2D eigenvalue weighted by molar-refractivity contribution is -0.148. The molecule has 6 heteroatoms. The topological polar surface area (TPSA) is 58.6 Å². The van der Waals surface area contributed by atoms with Crippen LogP contribution in [0.3, 0.4) is 0 Å². The van der Waals surface area contributed by atoms with Gasteiger partial charge in [-0.1, -0.05) is 13.8 Å². The van der Waals surface area contributed by atoms with Crippen molar-refractivity contribution in [3.05, 3.63) is 26.6 Å². The minimum absolute atomic E-state index is 0.100. The Labute approximate surface area is 142 Å². The minimum Gasteiger partial charge on any atom is -0.490 e. The number of rotatable bonds is 7. The molecule has 21 heavy (non-hydrogen) atoms. The summed E-state index contributed by atoms with van der Waals surface area (Å²) in [5.41, 5.74) is 0.184. The lowest BCUT2D eigenvalue weighted by Crippen LogP contribution is -2.30. The number of carbonyl (C=O) groups is 1. The third-order valence-corrected chi connectivity index (χ3v) is 4.11. The standard InChI is InChI=1S/C15H21Br2NO3/c1-9(2)18-7-10-5-11(16)13(12(17)6-10)21-8-15(3,4)14(19)20/h5-6,9,18H,7-8H2,1-4H3,(H,19,20). The number of carboxylic acids is 1. The summed E-state index contributed by atoms with van der Waals surface area (Å²) in [5, 5.41) is 12.5. The van der Waals surface area contributed by atoms with E-state index in [0.29, 0.717) is 11.8 Å². The molecule has 0 heterocycles. The molecule has 0 radical (unpaired) electrons. The summed E-state index contributed by atoms with van der Waals surface area (Å²) >= 11 is 6.96. The lowest BCUT2D eigenvalue weighted by Gasteiger charge is -2.21. The smallest absolute Gasteiger partial charge is 0.312 e. The average molecular weight is 423 g/mol. The molecule has 1 rings (SSSR count). The Morgan fingerprint density at radius 2 is 1.86 bits per heavy atom. The van der Waals surface area contributed by atoms with Gasteiger partial charge < -0.3 is 15.2 Å². The second-order valence-corrected chi connectivity index (χ2v) is 7.61. The fraction of sp³-hybridized carbons (Fsp3) is 0.533. The number of carboxylic acid groups (broad SMARTS) is 1. The molecule has 0 saturated carbocycles. The molecule has 0 spiro atoms. The first-order chi connectivity index (χ1) is 9.63. The summed E-state index contributed by atoms with van der Waals surface area (Å²) in [6, 6.07) is 4.36. The summed E-state index contributed by atoms with van der Waals surface area (Å²) in [4.78, 5) is 11.1. The Bertz CT molecular complexity index is 493. The van der Waals surface area contributed by atoms with Gasteiger partial charge in [-0.15, -0.1) is 0 Å². The summed E-state index contributed by atoms with van der Waals surface area (Å²) in [6.45, 7) is 8.32. The van der Waals surface area contributed by atoms with Gasteiger partial charge in [0.1, 0.15) is 12.4 Å². The van der Waals surface area contributed by atoms with Crippen LogP contribution in [0.25, 0.3) is 0 Å². The Kier molecular flexibility index (Phi) is 6.69. The number of hydrogen-bond donors (Lipinski definition) is 2. The highest BCUT2D eigenvalue weighted by Crippen LogP contribution is 2.36. The normalized spacial score (nSPS) is 11.8. The Morgan fingerprint density at radius 3 is 2.29 bits per heavy atom. The molecule has 1 aromatic carbocycles. The van der Waals surface area contributed by atoms with Gasteiger partial charge in [0.25, 0.3) is 0 Å². The predicted octanol–water partition coefficient (Wildman–Crippen LogP) is 4.20. The molecule has 2 N–H and O–H groups in total. The van der Waals surface area contributed by atoms with E-state index in [1.54, 1.807) is 13.8 Å². The zero-order valence-electron chi connectivity index (χ0n) is 12.7. The van der Waals surface area contributed by atoms with Gasteiger partial charge in [0.15, 0.2) is 0 Å². The van der Waals surface area contributed by atoms with E-state index in [4.69, 9.17) is 9.84 Å². The van der Waals surface area contributed by atoms with Crippen molar-refractivity contribution >= 4 is 37.8 Å². The number of nitrogens with one attached hydrogen (secondary N) is 1. The molecule has 0 atom stereocenters. The van der Waals surface area contributed by atoms with E-state index in [1.165, 1.54) is 0 Å². The SMILES string of the molecule is CC(C)NCc1cc(Br)c(OCC(C)(C)C(=O)O)c(Br)c1. The molecule has 0 saturated heterocycles. The molecule has 118 valence electrons. The van der Waals surface area contributed by atoms with Gasteiger partial charge in [-0.25, -0.2) is 0 Å². The fourth-order valence-corrected chi connectivity index (χ4v) is 3.00. The zero-order chi connectivity index (χ0) is 16.2. The second kappa shape index (κ2) is 7.61. The van der Waals surface area contributed by atoms with Crippen molar-refractivity contribution in [2.24, 2.45) is 5.41 Å². The molecule has 0 aromatic heterocycles. The van der Waals surface area contributed by atoms with Gasteiger partial charge in [0.05, 0.1) is 14.4 Å². The van der Waals surface area contributed by atoms with Crippen LogP contribution in [0.15, 0.2) is 21.1 Å². The monoisotopic (exact) mass is 421 g/mol. The third-order valence-electron chi connectivity index (χ3n) is 2.93. The summed E-state index contributed by atoms with van der Waals surface area (Å²) in [6.07, 6.45) is 0. The molecule has 0 aliphatic heterocycles. The van der Waals surface area contributed by atoms with E-state index in [0.717, 1.165) is 21.1 Å². The van der Waals surface area contributed by atoms with E-state index in [1.807, 2.05) is 12.1 Å². The second-order valence-electron chi connectivity index (χ2n) is 5.90. The van der Waals surface area contributed by atoms with Gasteiger partial charge in [0, 0.05) is 12.6 Å². The van der Waals surface area contributed by atoms with E-state index in [-0.39, 0.29) is 6.61 Å². The quantitative estimate of drug-likeness (QED) is 0.691. The van der Waals surface area contributed by atoms with Crippen LogP contribution in [-0.4, -0.2) is 23.7 Å². The van der Waals surface area contributed by atoms with Crippen molar-refractivity contribution in [3.8, 4) is 5.75 Å². The van der Waals surface area contributed by atoms with Crippen molar-refractivity contribution in [2.75, 3.05) is 6.61 Å². The van der Waals surface area contributed by atoms with Crippen LogP contribution in [0, 0.1) is 5.41 Å². The van der Waals surface area contributed by atoms with E-state index < -0.39 is 11.4 Å². The van der Waals surface area contributed by atoms with Gasteiger partial charge in [-0.2, -0.15) is 0 Å². The van der Waals surface area contributed by atoms with Crippen LogP contribution in [-0.2, 0) is 11.3 Å². The average Bonchev–Trinajstić information content (AvgIpc) is 2.35. The first kappa shape index (κ1) is 18.5. The Balaban J connectivity index is 2.83. The minimum atomic E-state index is -0.934. The van der Waals surface area contributed by atoms with Crippen molar-refractivity contribution in [3.63, 3.8) is 0 Å². The molecular formula is C15H21Br2NO3.